The van der Waals surface area contributed by atoms with Crippen molar-refractivity contribution in [2.24, 2.45) is 0 Å². The summed E-state index contributed by atoms with van der Waals surface area (Å²) in [6.07, 6.45) is 0. The Morgan fingerprint density at radius 2 is 1.84 bits per heavy atom. The number of hydrazine groups is 1. The highest BCUT2D eigenvalue weighted by Gasteiger charge is 2.14. The van der Waals surface area contributed by atoms with E-state index < -0.39 is 0 Å². The van der Waals surface area contributed by atoms with Crippen molar-refractivity contribution in [1.29, 1.82) is 0 Å². The van der Waals surface area contributed by atoms with E-state index in [2.05, 4.69) is 27.7 Å². The SMILES string of the molecule is CN1CCN(NCC(=O)Nc2ccc(Cl)cc2)CC1. The molecule has 2 N–H and O–H groups in total. The number of nitrogens with zero attached hydrogens (tertiary/aromatic N) is 2. The van der Waals surface area contributed by atoms with Crippen molar-refractivity contribution in [3.63, 3.8) is 0 Å². The first-order valence-corrected chi connectivity index (χ1v) is 6.74. The standard InChI is InChI=1S/C13H19ClN4O/c1-17-6-8-18(9-7-17)15-10-13(19)16-12-4-2-11(14)3-5-12/h2-5,15H,6-10H2,1H3,(H,16,19). The van der Waals surface area contributed by atoms with Gasteiger partial charge in [-0.05, 0) is 31.3 Å². The van der Waals surface area contributed by atoms with E-state index in [0.717, 1.165) is 31.9 Å². The van der Waals surface area contributed by atoms with Crippen molar-refractivity contribution in [2.75, 3.05) is 45.1 Å². The lowest BCUT2D eigenvalue weighted by atomic mass is 10.3. The highest BCUT2D eigenvalue weighted by atomic mass is 35.5. The maximum atomic E-state index is 11.8. The van der Waals surface area contributed by atoms with Crippen LogP contribution in [-0.4, -0.2) is 55.6 Å². The molecule has 6 heteroatoms. The summed E-state index contributed by atoms with van der Waals surface area (Å²) in [6.45, 7) is 4.19. The normalized spacial score (nSPS) is 17.4. The number of benzene rings is 1. The van der Waals surface area contributed by atoms with Crippen LogP contribution in [0.2, 0.25) is 5.02 Å². The molecular formula is C13H19ClN4O. The van der Waals surface area contributed by atoms with Crippen molar-refractivity contribution < 1.29 is 4.79 Å². The molecule has 0 saturated carbocycles. The summed E-state index contributed by atoms with van der Waals surface area (Å²) < 4.78 is 0. The average molecular weight is 283 g/mol. The second-order valence-corrected chi connectivity index (χ2v) is 5.12. The van der Waals surface area contributed by atoms with Gasteiger partial charge in [-0.2, -0.15) is 0 Å². The van der Waals surface area contributed by atoms with Crippen molar-refractivity contribution in [3.05, 3.63) is 29.3 Å². The Labute approximate surface area is 118 Å². The predicted molar refractivity (Wildman–Crippen MR) is 77.2 cm³/mol. The maximum Gasteiger partial charge on any atom is 0.239 e. The van der Waals surface area contributed by atoms with Crippen molar-refractivity contribution in [2.45, 2.75) is 0 Å². The molecule has 2 rings (SSSR count). The Balaban J connectivity index is 1.71. The van der Waals surface area contributed by atoms with Gasteiger partial charge in [-0.3, -0.25) is 4.79 Å². The number of rotatable bonds is 4. The molecule has 0 unspecified atom stereocenters. The lowest BCUT2D eigenvalue weighted by molar-refractivity contribution is -0.116. The van der Waals surface area contributed by atoms with Crippen LogP contribution in [0.1, 0.15) is 0 Å². The second kappa shape index (κ2) is 6.86. The van der Waals surface area contributed by atoms with Gasteiger partial charge in [0.25, 0.3) is 0 Å². The molecule has 19 heavy (non-hydrogen) atoms. The van der Waals surface area contributed by atoms with Crippen molar-refractivity contribution >= 4 is 23.2 Å². The lowest BCUT2D eigenvalue weighted by Gasteiger charge is -2.32. The Bertz CT molecular complexity index is 415. The smallest absolute Gasteiger partial charge is 0.239 e. The van der Waals surface area contributed by atoms with Crippen LogP contribution in [0.3, 0.4) is 0 Å². The van der Waals surface area contributed by atoms with Crippen LogP contribution in [0.15, 0.2) is 24.3 Å². The number of nitrogens with one attached hydrogen (secondary N) is 2. The third kappa shape index (κ3) is 4.80. The number of hydrogen-bond acceptors (Lipinski definition) is 4. The van der Waals surface area contributed by atoms with Gasteiger partial charge in [-0.15, -0.1) is 0 Å². The van der Waals surface area contributed by atoms with Crippen LogP contribution in [0.4, 0.5) is 5.69 Å². The van der Waals surface area contributed by atoms with E-state index in [9.17, 15) is 4.79 Å². The summed E-state index contributed by atoms with van der Waals surface area (Å²) in [6, 6.07) is 7.09. The van der Waals surface area contributed by atoms with Crippen LogP contribution in [0.5, 0.6) is 0 Å². The summed E-state index contributed by atoms with van der Waals surface area (Å²) >= 11 is 5.79. The van der Waals surface area contributed by atoms with E-state index in [1.165, 1.54) is 0 Å². The fourth-order valence-electron chi connectivity index (χ4n) is 1.89. The van der Waals surface area contributed by atoms with E-state index in [1.807, 2.05) is 0 Å². The number of anilines is 1. The molecule has 0 radical (unpaired) electrons. The van der Waals surface area contributed by atoms with Gasteiger partial charge in [0.2, 0.25) is 5.91 Å². The summed E-state index contributed by atoms with van der Waals surface area (Å²) in [5.74, 6) is -0.0544. The Morgan fingerprint density at radius 1 is 1.21 bits per heavy atom. The van der Waals surface area contributed by atoms with Crippen LogP contribution >= 0.6 is 11.6 Å². The topological polar surface area (TPSA) is 47.6 Å². The highest BCUT2D eigenvalue weighted by molar-refractivity contribution is 6.30. The Morgan fingerprint density at radius 3 is 2.47 bits per heavy atom. The van der Waals surface area contributed by atoms with Gasteiger partial charge >= 0.3 is 0 Å². The molecule has 1 amide bonds. The molecule has 1 aliphatic rings. The van der Waals surface area contributed by atoms with Crippen molar-refractivity contribution in [1.82, 2.24) is 15.3 Å². The molecule has 1 saturated heterocycles. The molecule has 0 spiro atoms. The van der Waals surface area contributed by atoms with Crippen molar-refractivity contribution in [3.8, 4) is 0 Å². The number of halogens is 1. The fraction of sp³-hybridized carbons (Fsp3) is 0.462. The van der Waals surface area contributed by atoms with Gasteiger partial charge in [-0.1, -0.05) is 11.6 Å². The van der Waals surface area contributed by atoms with Gasteiger partial charge < -0.3 is 10.2 Å². The van der Waals surface area contributed by atoms with E-state index in [4.69, 9.17) is 11.6 Å². The molecule has 0 aromatic heterocycles. The summed E-state index contributed by atoms with van der Waals surface area (Å²) in [7, 11) is 2.10. The van der Waals surface area contributed by atoms with Crippen LogP contribution in [0, 0.1) is 0 Å². The molecular weight excluding hydrogens is 264 g/mol. The zero-order valence-corrected chi connectivity index (χ0v) is 11.8. The number of amides is 1. The molecule has 1 aromatic carbocycles. The number of piperazine rings is 1. The lowest BCUT2D eigenvalue weighted by Crippen LogP contribution is -2.52. The first-order valence-electron chi connectivity index (χ1n) is 6.36. The molecule has 0 bridgehead atoms. The largest absolute Gasteiger partial charge is 0.325 e. The zero-order chi connectivity index (χ0) is 13.7. The predicted octanol–water partition coefficient (Wildman–Crippen LogP) is 1.03. The number of likely N-dealkylation sites (N-methyl/N-ethyl adjacent to an activating group) is 1. The fourth-order valence-corrected chi connectivity index (χ4v) is 2.01. The molecule has 1 aromatic rings. The first-order chi connectivity index (χ1) is 9.13. The average Bonchev–Trinajstić information content (AvgIpc) is 2.41. The van der Waals surface area contributed by atoms with E-state index in [1.54, 1.807) is 24.3 Å². The van der Waals surface area contributed by atoms with Crippen LogP contribution in [0.25, 0.3) is 0 Å². The van der Waals surface area contributed by atoms with Gasteiger partial charge in [0.1, 0.15) is 0 Å². The molecule has 104 valence electrons. The monoisotopic (exact) mass is 282 g/mol. The van der Waals surface area contributed by atoms with Gasteiger partial charge in [0.15, 0.2) is 0 Å². The number of carbonyl (C=O) groups is 1. The molecule has 5 nitrogen and oxygen atoms in total. The minimum atomic E-state index is -0.0544. The minimum Gasteiger partial charge on any atom is -0.325 e. The molecule has 0 atom stereocenters. The third-order valence-corrected chi connectivity index (χ3v) is 3.35. The van der Waals surface area contributed by atoms with Crippen LogP contribution < -0.4 is 10.7 Å². The Kier molecular flexibility index (Phi) is 5.15. The zero-order valence-electron chi connectivity index (χ0n) is 11.0. The molecule has 1 heterocycles. The summed E-state index contributed by atoms with van der Waals surface area (Å²) in [5, 5.41) is 5.57. The summed E-state index contributed by atoms with van der Waals surface area (Å²) in [4.78, 5) is 14.0. The van der Waals surface area contributed by atoms with E-state index in [0.29, 0.717) is 5.02 Å². The van der Waals surface area contributed by atoms with E-state index in [-0.39, 0.29) is 12.5 Å². The third-order valence-electron chi connectivity index (χ3n) is 3.09. The number of carbonyl (C=O) groups excluding carboxylic acids is 1. The van der Waals surface area contributed by atoms with Gasteiger partial charge in [-0.25, -0.2) is 10.4 Å². The quantitative estimate of drug-likeness (QED) is 0.866. The second-order valence-electron chi connectivity index (χ2n) is 4.68. The number of hydrogen-bond donors (Lipinski definition) is 2. The first kappa shape index (κ1) is 14.3. The highest BCUT2D eigenvalue weighted by Crippen LogP contribution is 2.12. The van der Waals surface area contributed by atoms with Gasteiger partial charge in [0, 0.05) is 36.9 Å². The maximum absolute atomic E-state index is 11.8. The molecule has 0 aliphatic carbocycles. The van der Waals surface area contributed by atoms with Gasteiger partial charge in [0.05, 0.1) is 6.54 Å². The summed E-state index contributed by atoms with van der Waals surface area (Å²) in [5.41, 5.74) is 3.90. The molecule has 1 fully saturated rings. The molecule has 1 aliphatic heterocycles. The van der Waals surface area contributed by atoms with E-state index >= 15 is 0 Å². The van der Waals surface area contributed by atoms with Crippen LogP contribution in [-0.2, 0) is 4.79 Å². The Hall–Kier alpha value is -1.14. The minimum absolute atomic E-state index is 0.0544.